The van der Waals surface area contributed by atoms with Crippen molar-refractivity contribution in [3.63, 3.8) is 0 Å². The smallest absolute Gasteiger partial charge is 0.261 e. The lowest BCUT2D eigenvalue weighted by Gasteiger charge is -2.31. The molecule has 2 rings (SSSR count). The van der Waals surface area contributed by atoms with Gasteiger partial charge in [0.2, 0.25) is 0 Å². The van der Waals surface area contributed by atoms with Gasteiger partial charge in [-0.1, -0.05) is 59.2 Å². The number of sulfonamides is 1. The lowest BCUT2D eigenvalue weighted by atomic mass is 9.75. The van der Waals surface area contributed by atoms with Crippen molar-refractivity contribution in [3.05, 3.63) is 53.1 Å². The van der Waals surface area contributed by atoms with E-state index in [0.717, 1.165) is 29.5 Å². The Kier molecular flexibility index (Phi) is 6.19. The van der Waals surface area contributed by atoms with Crippen LogP contribution in [0.5, 0.6) is 5.75 Å². The second kappa shape index (κ2) is 7.78. The number of benzene rings is 2. The SMILES string of the molecule is CCC(C)(C)c1cc(NS(=O)(=O)c2ccc(C)cc2)cc(C(C)(C)CC)c1O. The predicted octanol–water partition coefficient (Wildman–Crippen LogP) is 5.88. The fourth-order valence-electron chi connectivity index (χ4n) is 3.04. The van der Waals surface area contributed by atoms with Crippen LogP contribution in [-0.4, -0.2) is 13.5 Å². The topological polar surface area (TPSA) is 66.4 Å². The van der Waals surface area contributed by atoms with Crippen LogP contribution >= 0.6 is 0 Å². The summed E-state index contributed by atoms with van der Waals surface area (Å²) in [6, 6.07) is 10.3. The van der Waals surface area contributed by atoms with Crippen molar-refractivity contribution in [1.82, 2.24) is 0 Å². The molecule has 0 amide bonds. The average Bonchev–Trinajstić information content (AvgIpc) is 2.62. The van der Waals surface area contributed by atoms with Crippen LogP contribution in [0.15, 0.2) is 41.3 Å². The summed E-state index contributed by atoms with van der Waals surface area (Å²) >= 11 is 0. The molecule has 0 spiro atoms. The Morgan fingerprint density at radius 3 is 1.71 bits per heavy atom. The molecule has 0 atom stereocenters. The minimum absolute atomic E-state index is 0.221. The first-order valence-corrected chi connectivity index (χ1v) is 11.3. The highest BCUT2D eigenvalue weighted by Crippen LogP contribution is 2.43. The van der Waals surface area contributed by atoms with Crippen LogP contribution in [0.2, 0.25) is 0 Å². The molecule has 2 N–H and O–H groups in total. The third kappa shape index (κ3) is 4.52. The molecule has 0 aliphatic carbocycles. The van der Waals surface area contributed by atoms with Crippen LogP contribution in [0.1, 0.15) is 71.1 Å². The normalized spacial score (nSPS) is 12.8. The Morgan fingerprint density at radius 2 is 1.32 bits per heavy atom. The number of nitrogens with one attached hydrogen (secondary N) is 1. The van der Waals surface area contributed by atoms with Crippen molar-refractivity contribution in [2.24, 2.45) is 0 Å². The highest BCUT2D eigenvalue weighted by molar-refractivity contribution is 7.92. The summed E-state index contributed by atoms with van der Waals surface area (Å²) in [6.45, 7) is 14.3. The maximum atomic E-state index is 12.9. The van der Waals surface area contributed by atoms with Gasteiger partial charge >= 0.3 is 0 Å². The average molecular weight is 404 g/mol. The summed E-state index contributed by atoms with van der Waals surface area (Å²) in [6.07, 6.45) is 1.64. The number of aryl methyl sites for hydroxylation is 1. The zero-order valence-corrected chi connectivity index (χ0v) is 18.9. The number of hydrogen-bond acceptors (Lipinski definition) is 3. The Labute approximate surface area is 170 Å². The molecule has 0 heterocycles. The molecule has 5 heteroatoms. The standard InChI is InChI=1S/C23H33NO3S/c1-8-22(4,5)19-14-17(15-20(21(19)25)23(6,7)9-2)24-28(26,27)18-12-10-16(3)11-13-18/h10-15,24-25H,8-9H2,1-7H3. The van der Waals surface area contributed by atoms with Gasteiger partial charge in [-0.25, -0.2) is 8.42 Å². The van der Waals surface area contributed by atoms with E-state index in [-0.39, 0.29) is 21.5 Å². The summed E-state index contributed by atoms with van der Waals surface area (Å²) < 4.78 is 28.5. The highest BCUT2D eigenvalue weighted by atomic mass is 32.2. The molecule has 0 aromatic heterocycles. The van der Waals surface area contributed by atoms with Crippen LogP contribution in [0, 0.1) is 6.92 Å². The maximum Gasteiger partial charge on any atom is 0.261 e. The molecular weight excluding hydrogens is 370 g/mol. The zero-order valence-electron chi connectivity index (χ0n) is 18.1. The first-order valence-electron chi connectivity index (χ1n) is 9.81. The van der Waals surface area contributed by atoms with Gasteiger partial charge < -0.3 is 5.11 Å². The third-order valence-electron chi connectivity index (χ3n) is 5.92. The third-order valence-corrected chi connectivity index (χ3v) is 7.32. The van der Waals surface area contributed by atoms with Gasteiger partial charge in [0.1, 0.15) is 5.75 Å². The Bertz CT molecular complexity index is 905. The van der Waals surface area contributed by atoms with E-state index < -0.39 is 10.0 Å². The van der Waals surface area contributed by atoms with E-state index in [9.17, 15) is 13.5 Å². The van der Waals surface area contributed by atoms with Gasteiger partial charge in [-0.15, -0.1) is 0 Å². The minimum Gasteiger partial charge on any atom is -0.507 e. The number of phenols is 1. The Balaban J connectivity index is 2.62. The van der Waals surface area contributed by atoms with Gasteiger partial charge in [-0.3, -0.25) is 4.72 Å². The molecule has 0 saturated carbocycles. The summed E-state index contributed by atoms with van der Waals surface area (Å²) in [5.74, 6) is 0.261. The molecule has 0 radical (unpaired) electrons. The molecule has 0 aliphatic rings. The summed E-state index contributed by atoms with van der Waals surface area (Å²) in [7, 11) is -3.71. The zero-order chi connectivity index (χ0) is 21.3. The number of hydrogen-bond donors (Lipinski definition) is 2. The predicted molar refractivity (Wildman–Crippen MR) is 117 cm³/mol. The van der Waals surface area contributed by atoms with Crippen LogP contribution in [0.25, 0.3) is 0 Å². The fraction of sp³-hybridized carbons (Fsp3) is 0.478. The molecule has 0 unspecified atom stereocenters. The van der Waals surface area contributed by atoms with Crippen molar-refractivity contribution in [2.75, 3.05) is 4.72 Å². The Hall–Kier alpha value is -2.01. The van der Waals surface area contributed by atoms with Gasteiger partial charge in [0.25, 0.3) is 10.0 Å². The van der Waals surface area contributed by atoms with Crippen molar-refractivity contribution in [2.45, 2.75) is 77.0 Å². The largest absolute Gasteiger partial charge is 0.507 e. The molecule has 28 heavy (non-hydrogen) atoms. The monoisotopic (exact) mass is 403 g/mol. The summed E-state index contributed by atoms with van der Waals surface area (Å²) in [5, 5.41) is 11.0. The van der Waals surface area contributed by atoms with E-state index >= 15 is 0 Å². The summed E-state index contributed by atoms with van der Waals surface area (Å²) in [4.78, 5) is 0.221. The van der Waals surface area contributed by atoms with Crippen LogP contribution in [-0.2, 0) is 20.9 Å². The molecule has 154 valence electrons. The van der Waals surface area contributed by atoms with Crippen LogP contribution in [0.3, 0.4) is 0 Å². The molecule has 2 aromatic carbocycles. The van der Waals surface area contributed by atoms with E-state index in [4.69, 9.17) is 0 Å². The van der Waals surface area contributed by atoms with E-state index in [1.54, 1.807) is 36.4 Å². The highest BCUT2D eigenvalue weighted by Gasteiger charge is 2.30. The van der Waals surface area contributed by atoms with Crippen LogP contribution in [0.4, 0.5) is 5.69 Å². The molecule has 0 bridgehead atoms. The number of rotatable bonds is 7. The maximum absolute atomic E-state index is 12.9. The fourth-order valence-corrected chi connectivity index (χ4v) is 4.08. The van der Waals surface area contributed by atoms with E-state index in [1.807, 2.05) is 6.92 Å². The molecule has 4 nitrogen and oxygen atoms in total. The number of phenolic OH excluding ortho intramolecular Hbond substituents is 1. The molecule has 0 saturated heterocycles. The van der Waals surface area contributed by atoms with Crippen molar-refractivity contribution in [1.29, 1.82) is 0 Å². The van der Waals surface area contributed by atoms with Gasteiger partial charge in [0, 0.05) is 16.8 Å². The summed E-state index contributed by atoms with van der Waals surface area (Å²) in [5.41, 5.74) is 2.43. The van der Waals surface area contributed by atoms with E-state index in [1.165, 1.54) is 0 Å². The van der Waals surface area contributed by atoms with Crippen LogP contribution < -0.4 is 4.72 Å². The Morgan fingerprint density at radius 1 is 0.893 bits per heavy atom. The van der Waals surface area contributed by atoms with Gasteiger partial charge in [0.05, 0.1) is 4.90 Å². The van der Waals surface area contributed by atoms with E-state index in [0.29, 0.717) is 5.69 Å². The van der Waals surface area contributed by atoms with Crippen molar-refractivity contribution < 1.29 is 13.5 Å². The first-order chi connectivity index (χ1) is 12.8. The van der Waals surface area contributed by atoms with Gasteiger partial charge in [0.15, 0.2) is 0 Å². The molecule has 2 aromatic rings. The van der Waals surface area contributed by atoms with Crippen molar-refractivity contribution in [3.8, 4) is 5.75 Å². The minimum atomic E-state index is -3.71. The molecular formula is C23H33NO3S. The lowest BCUT2D eigenvalue weighted by Crippen LogP contribution is -2.22. The van der Waals surface area contributed by atoms with E-state index in [2.05, 4.69) is 46.3 Å². The number of anilines is 1. The van der Waals surface area contributed by atoms with Gasteiger partial charge in [-0.05, 0) is 54.9 Å². The molecule has 0 fully saturated rings. The first kappa shape index (κ1) is 22.3. The second-order valence-corrected chi connectivity index (χ2v) is 10.5. The van der Waals surface area contributed by atoms with Gasteiger partial charge in [-0.2, -0.15) is 0 Å². The van der Waals surface area contributed by atoms with Crippen molar-refractivity contribution >= 4 is 15.7 Å². The lowest BCUT2D eigenvalue weighted by molar-refractivity contribution is 0.400. The molecule has 0 aliphatic heterocycles. The quantitative estimate of drug-likeness (QED) is 0.568. The number of aromatic hydroxyl groups is 1. The second-order valence-electron chi connectivity index (χ2n) is 8.81.